The van der Waals surface area contributed by atoms with Gasteiger partial charge < -0.3 is 10.1 Å². The molecule has 1 aromatic rings. The lowest BCUT2D eigenvalue weighted by atomic mass is 10.4. The van der Waals surface area contributed by atoms with Crippen LogP contribution in [0.3, 0.4) is 0 Å². The number of hydrogen-bond acceptors (Lipinski definition) is 3. The van der Waals surface area contributed by atoms with Crippen molar-refractivity contribution in [1.29, 1.82) is 0 Å². The molecule has 0 fully saturated rings. The molecule has 0 atom stereocenters. The lowest BCUT2D eigenvalue weighted by Gasteiger charge is -2.15. The van der Waals surface area contributed by atoms with E-state index in [-0.39, 0.29) is 12.5 Å². The lowest BCUT2D eigenvalue weighted by molar-refractivity contribution is -0.118. The fraction of sp³-hybridized carbons (Fsp3) is 0.143. The molecule has 4 nitrogen and oxygen atoms in total. The van der Waals surface area contributed by atoms with Crippen LogP contribution in [0.4, 0.5) is 5.82 Å². The Balaban J connectivity index is 2.41. The number of nitrogens with one attached hydrogen (secondary N) is 1. The van der Waals surface area contributed by atoms with Gasteiger partial charge in [0.25, 0.3) is 5.91 Å². The van der Waals surface area contributed by atoms with Gasteiger partial charge in [-0.05, 0) is 12.1 Å². The Kier molecular flexibility index (Phi) is 1.25. The van der Waals surface area contributed by atoms with Gasteiger partial charge in [0.05, 0.1) is 6.20 Å². The summed E-state index contributed by atoms with van der Waals surface area (Å²) in [6.45, 7) is 0.0681. The molecule has 1 N–H and O–H groups in total. The number of amides is 1. The van der Waals surface area contributed by atoms with Gasteiger partial charge in [-0.2, -0.15) is 0 Å². The molecule has 1 aliphatic rings. The van der Waals surface area contributed by atoms with Crippen molar-refractivity contribution in [2.45, 2.75) is 0 Å². The van der Waals surface area contributed by atoms with Crippen molar-refractivity contribution in [1.82, 2.24) is 4.98 Å². The minimum absolute atomic E-state index is 0.0681. The van der Waals surface area contributed by atoms with Crippen LogP contribution in [0.5, 0.6) is 5.75 Å². The number of fused-ring (bicyclic) bond motifs is 1. The van der Waals surface area contributed by atoms with E-state index in [1.165, 1.54) is 0 Å². The van der Waals surface area contributed by atoms with Gasteiger partial charge in [0.15, 0.2) is 18.2 Å². The second-order valence-electron chi connectivity index (χ2n) is 2.12. The van der Waals surface area contributed by atoms with Gasteiger partial charge in [-0.15, -0.1) is 0 Å². The number of ether oxygens (including phenoxy) is 1. The number of anilines is 1. The summed E-state index contributed by atoms with van der Waals surface area (Å²) in [5.41, 5.74) is 0. The molecule has 0 aromatic carbocycles. The maximum absolute atomic E-state index is 10.7. The summed E-state index contributed by atoms with van der Waals surface area (Å²) >= 11 is 0. The second kappa shape index (κ2) is 2.23. The molecule has 55 valence electrons. The Morgan fingerprint density at radius 2 is 2.64 bits per heavy atom. The van der Waals surface area contributed by atoms with E-state index >= 15 is 0 Å². The van der Waals surface area contributed by atoms with Gasteiger partial charge in [0, 0.05) is 0 Å². The second-order valence-corrected chi connectivity index (χ2v) is 2.12. The first-order valence-electron chi connectivity index (χ1n) is 3.16. The first-order valence-corrected chi connectivity index (χ1v) is 3.16. The monoisotopic (exact) mass is 149 g/mol. The van der Waals surface area contributed by atoms with Crippen molar-refractivity contribution in [3.05, 3.63) is 18.3 Å². The maximum Gasteiger partial charge on any atom is 0.263 e. The highest BCUT2D eigenvalue weighted by molar-refractivity contribution is 5.94. The summed E-state index contributed by atoms with van der Waals surface area (Å²) in [4.78, 5) is 14.5. The Morgan fingerprint density at radius 1 is 1.73 bits per heavy atom. The number of nitrogens with zero attached hydrogens (tertiary/aromatic N) is 1. The highest BCUT2D eigenvalue weighted by Gasteiger charge is 2.15. The predicted octanol–water partition coefficient (Wildman–Crippen LogP) is 0.213. The van der Waals surface area contributed by atoms with E-state index in [1.807, 2.05) is 0 Å². The van der Waals surface area contributed by atoms with E-state index in [4.69, 9.17) is 4.74 Å². The Bertz CT molecular complexity index is 298. The quantitative estimate of drug-likeness (QED) is 0.573. The molecule has 0 unspecified atom stereocenters. The Hall–Kier alpha value is -1.58. The highest BCUT2D eigenvalue weighted by Crippen LogP contribution is 2.22. The number of rotatable bonds is 0. The summed E-state index contributed by atoms with van der Waals surface area (Å²) in [6, 6.07) is 3.35. The molecule has 0 spiro atoms. The van der Waals surface area contributed by atoms with Gasteiger partial charge in [-0.1, -0.05) is 0 Å². The molecule has 1 amide bonds. The molecule has 11 heavy (non-hydrogen) atoms. The number of aromatic nitrogens is 1. The number of carbonyl (C=O) groups excluding carboxylic acids is 1. The van der Waals surface area contributed by atoms with Crippen molar-refractivity contribution >= 4 is 11.7 Å². The van der Waals surface area contributed by atoms with Crippen molar-refractivity contribution < 1.29 is 9.53 Å². The van der Waals surface area contributed by atoms with Crippen molar-refractivity contribution in [2.24, 2.45) is 0 Å². The molecule has 1 aromatic heterocycles. The molecule has 4 heteroatoms. The van der Waals surface area contributed by atoms with E-state index in [9.17, 15) is 4.79 Å². The highest BCUT2D eigenvalue weighted by atomic mass is 16.5. The molecule has 1 radical (unpaired) electrons. The zero-order valence-corrected chi connectivity index (χ0v) is 5.63. The third kappa shape index (κ3) is 1.02. The average molecular weight is 149 g/mol. The average Bonchev–Trinajstić information content (AvgIpc) is 2.04. The maximum atomic E-state index is 10.7. The van der Waals surface area contributed by atoms with Gasteiger partial charge >= 0.3 is 0 Å². The van der Waals surface area contributed by atoms with Crippen LogP contribution in [0, 0.1) is 6.20 Å². The zero-order chi connectivity index (χ0) is 7.68. The van der Waals surface area contributed by atoms with Crippen molar-refractivity contribution in [3.8, 4) is 5.75 Å². The molecule has 2 rings (SSSR count). The minimum atomic E-state index is -0.176. The van der Waals surface area contributed by atoms with Crippen LogP contribution in [0.15, 0.2) is 12.1 Å². The summed E-state index contributed by atoms with van der Waals surface area (Å²) in [5, 5.41) is 2.55. The first-order chi connectivity index (χ1) is 5.36. The molecule has 2 heterocycles. The molecule has 1 aliphatic heterocycles. The first kappa shape index (κ1) is 6.15. The van der Waals surface area contributed by atoms with Gasteiger partial charge in [0.1, 0.15) is 0 Å². The van der Waals surface area contributed by atoms with E-state index in [2.05, 4.69) is 16.5 Å². The molecular weight excluding hydrogens is 144 g/mol. The summed E-state index contributed by atoms with van der Waals surface area (Å²) in [7, 11) is 0. The largest absolute Gasteiger partial charge is 0.480 e. The van der Waals surface area contributed by atoms with Crippen LogP contribution in [0.1, 0.15) is 0 Å². The molecule has 0 saturated carbocycles. The minimum Gasteiger partial charge on any atom is -0.480 e. The molecule has 0 bridgehead atoms. The Morgan fingerprint density at radius 3 is 3.55 bits per heavy atom. The predicted molar refractivity (Wildman–Crippen MR) is 37.2 cm³/mol. The van der Waals surface area contributed by atoms with Gasteiger partial charge in [0.2, 0.25) is 0 Å². The van der Waals surface area contributed by atoms with E-state index in [0.717, 1.165) is 0 Å². The number of carbonyl (C=O) groups is 1. The normalized spacial score (nSPS) is 14.7. The fourth-order valence-corrected chi connectivity index (χ4v) is 0.866. The van der Waals surface area contributed by atoms with Crippen LogP contribution in [-0.2, 0) is 4.79 Å². The summed E-state index contributed by atoms with van der Waals surface area (Å²) in [6.07, 6.45) is 2.60. The van der Waals surface area contributed by atoms with E-state index < -0.39 is 0 Å². The van der Waals surface area contributed by atoms with Crippen LogP contribution in [0.25, 0.3) is 0 Å². The smallest absolute Gasteiger partial charge is 0.263 e. The Labute approximate surface area is 63.2 Å². The molecule has 0 aliphatic carbocycles. The summed E-state index contributed by atoms with van der Waals surface area (Å²) in [5.74, 6) is 0.872. The van der Waals surface area contributed by atoms with E-state index in [1.54, 1.807) is 12.1 Å². The lowest BCUT2D eigenvalue weighted by Crippen LogP contribution is -2.25. The number of pyridine rings is 1. The van der Waals surface area contributed by atoms with Crippen molar-refractivity contribution in [3.63, 3.8) is 0 Å². The van der Waals surface area contributed by atoms with E-state index in [0.29, 0.717) is 11.6 Å². The topological polar surface area (TPSA) is 51.2 Å². The van der Waals surface area contributed by atoms with Gasteiger partial charge in [-0.3, -0.25) is 4.79 Å². The molecule has 0 saturated heterocycles. The third-order valence-corrected chi connectivity index (χ3v) is 1.34. The standard InChI is InChI=1S/C7H5N2O2/c10-6-4-11-5-2-1-3-8-7(5)9-6/h1-2H,4H2,(H,8,9,10). The number of hydrogen-bond donors (Lipinski definition) is 1. The van der Waals surface area contributed by atoms with Crippen LogP contribution >= 0.6 is 0 Å². The van der Waals surface area contributed by atoms with Gasteiger partial charge in [-0.25, -0.2) is 4.98 Å². The zero-order valence-electron chi connectivity index (χ0n) is 5.63. The third-order valence-electron chi connectivity index (χ3n) is 1.34. The van der Waals surface area contributed by atoms with Crippen LogP contribution in [0.2, 0.25) is 0 Å². The van der Waals surface area contributed by atoms with Crippen LogP contribution in [-0.4, -0.2) is 17.5 Å². The van der Waals surface area contributed by atoms with Crippen molar-refractivity contribution in [2.75, 3.05) is 11.9 Å². The summed E-state index contributed by atoms with van der Waals surface area (Å²) < 4.78 is 5.04. The fourth-order valence-electron chi connectivity index (χ4n) is 0.866. The molecular formula is C7H5N2O2. The van der Waals surface area contributed by atoms with Crippen LogP contribution < -0.4 is 10.1 Å². The SMILES string of the molecule is O=C1COc2cc[c]nc2N1.